The van der Waals surface area contributed by atoms with Crippen LogP contribution in [0.15, 0.2) is 0 Å². The molecule has 0 heterocycles. The normalized spacial score (nSPS) is 7.33. The zero-order chi connectivity index (χ0) is 4.99. The SMILES string of the molecule is FC#CC(F)F. The van der Waals surface area contributed by atoms with E-state index >= 15 is 0 Å². The molecular weight excluding hydrogens is 93.0 g/mol. The molecular formula is C3HF3. The lowest BCUT2D eigenvalue weighted by molar-refractivity contribution is 0.214. The minimum Gasteiger partial charge on any atom is -0.196 e. The van der Waals surface area contributed by atoms with Gasteiger partial charge in [-0.2, -0.15) is 8.78 Å². The van der Waals surface area contributed by atoms with E-state index in [0.29, 0.717) is 6.17 Å². The van der Waals surface area contributed by atoms with Gasteiger partial charge in [-0.15, -0.1) is 4.39 Å². The van der Waals surface area contributed by atoms with Crippen molar-refractivity contribution in [1.29, 1.82) is 0 Å². The number of halogens is 3. The van der Waals surface area contributed by atoms with Crippen molar-refractivity contribution in [3.8, 4) is 12.1 Å². The van der Waals surface area contributed by atoms with Gasteiger partial charge < -0.3 is 0 Å². The third-order valence-corrected chi connectivity index (χ3v) is 0.164. The second kappa shape index (κ2) is 2.58. The molecule has 0 saturated heterocycles. The Kier molecular flexibility index (Phi) is 2.30. The molecule has 6 heavy (non-hydrogen) atoms. The standard InChI is InChI=1S/C3HF3/c4-2-1-3(5)6/h3H. The summed E-state index contributed by atoms with van der Waals surface area (Å²) in [5.41, 5.74) is 0. The quantitative estimate of drug-likeness (QED) is 0.395. The summed E-state index contributed by atoms with van der Waals surface area (Å²) in [4.78, 5) is 0. The van der Waals surface area contributed by atoms with Gasteiger partial charge in [0.15, 0.2) is 0 Å². The molecule has 0 N–H and O–H groups in total. The fourth-order valence-corrected chi connectivity index (χ4v) is 0.0412. The van der Waals surface area contributed by atoms with E-state index in [9.17, 15) is 13.2 Å². The third-order valence-electron chi connectivity index (χ3n) is 0.164. The van der Waals surface area contributed by atoms with Crippen LogP contribution in [-0.4, -0.2) is 6.43 Å². The maximum Gasteiger partial charge on any atom is 0.301 e. The Morgan fingerprint density at radius 1 is 1.33 bits per heavy atom. The summed E-state index contributed by atoms with van der Waals surface area (Å²) in [5.74, 6) is 0.958. The lowest BCUT2D eigenvalue weighted by atomic mass is 10.7. The molecule has 0 aliphatic rings. The molecule has 0 nitrogen and oxygen atoms in total. The van der Waals surface area contributed by atoms with Crippen LogP contribution in [0.1, 0.15) is 0 Å². The van der Waals surface area contributed by atoms with Gasteiger partial charge in [-0.1, -0.05) is 0 Å². The molecule has 0 radical (unpaired) electrons. The molecule has 0 spiro atoms. The predicted molar refractivity (Wildman–Crippen MR) is 14.9 cm³/mol. The van der Waals surface area contributed by atoms with Crippen molar-refractivity contribution in [2.45, 2.75) is 6.43 Å². The summed E-state index contributed by atoms with van der Waals surface area (Å²) < 4.78 is 31.6. The first-order chi connectivity index (χ1) is 2.77. The molecule has 0 aromatic heterocycles. The highest BCUT2D eigenvalue weighted by molar-refractivity contribution is 4.92. The zero-order valence-electron chi connectivity index (χ0n) is 2.71. The van der Waals surface area contributed by atoms with E-state index in [4.69, 9.17) is 0 Å². The smallest absolute Gasteiger partial charge is 0.196 e. The van der Waals surface area contributed by atoms with E-state index in [2.05, 4.69) is 0 Å². The molecule has 0 bridgehead atoms. The maximum absolute atomic E-state index is 10.6. The van der Waals surface area contributed by atoms with Crippen molar-refractivity contribution < 1.29 is 13.2 Å². The van der Waals surface area contributed by atoms with Gasteiger partial charge in [0.2, 0.25) is 0 Å². The van der Waals surface area contributed by atoms with Crippen molar-refractivity contribution in [2.75, 3.05) is 0 Å². The van der Waals surface area contributed by atoms with Crippen LogP contribution in [0.4, 0.5) is 13.2 Å². The highest BCUT2D eigenvalue weighted by Gasteiger charge is 1.88. The Morgan fingerprint density at radius 3 is 1.83 bits per heavy atom. The summed E-state index contributed by atoms with van der Waals surface area (Å²) in [5, 5.41) is 0. The average Bonchev–Trinajstić information content (AvgIpc) is 1.35. The van der Waals surface area contributed by atoms with Crippen molar-refractivity contribution in [3.05, 3.63) is 0 Å². The Morgan fingerprint density at radius 2 is 1.83 bits per heavy atom. The van der Waals surface area contributed by atoms with Gasteiger partial charge in [-0.25, -0.2) is 0 Å². The molecule has 0 aromatic carbocycles. The van der Waals surface area contributed by atoms with Crippen LogP contribution < -0.4 is 0 Å². The lowest BCUT2D eigenvalue weighted by Gasteiger charge is -1.71. The summed E-state index contributed by atoms with van der Waals surface area (Å²) in [6, 6.07) is 0. The number of alkyl halides is 2. The minimum atomic E-state index is -2.84. The molecule has 0 amide bonds. The van der Waals surface area contributed by atoms with Crippen LogP contribution in [0.5, 0.6) is 0 Å². The van der Waals surface area contributed by atoms with Gasteiger partial charge >= 0.3 is 6.43 Å². The summed E-state index contributed by atoms with van der Waals surface area (Å²) in [6.45, 7) is 0. The van der Waals surface area contributed by atoms with Crippen LogP contribution in [0.3, 0.4) is 0 Å². The largest absolute Gasteiger partial charge is 0.301 e. The van der Waals surface area contributed by atoms with Crippen molar-refractivity contribution >= 4 is 0 Å². The molecule has 0 aliphatic carbocycles. The van der Waals surface area contributed by atoms with E-state index < -0.39 is 6.43 Å². The lowest BCUT2D eigenvalue weighted by Crippen LogP contribution is -1.77. The van der Waals surface area contributed by atoms with E-state index in [1.165, 1.54) is 0 Å². The predicted octanol–water partition coefficient (Wildman–Crippen LogP) is 1.18. The molecule has 0 aromatic rings. The second-order valence-electron chi connectivity index (χ2n) is 0.540. The molecule has 0 rings (SSSR count). The van der Waals surface area contributed by atoms with Crippen LogP contribution in [0, 0.1) is 12.1 Å². The fourth-order valence-electron chi connectivity index (χ4n) is 0.0412. The second-order valence-corrected chi connectivity index (χ2v) is 0.540. The average molecular weight is 94.0 g/mol. The molecule has 0 atom stereocenters. The van der Waals surface area contributed by atoms with Gasteiger partial charge in [-0.05, 0) is 0 Å². The van der Waals surface area contributed by atoms with Gasteiger partial charge in [0.05, 0.1) is 0 Å². The van der Waals surface area contributed by atoms with Gasteiger partial charge in [0.25, 0.3) is 0 Å². The van der Waals surface area contributed by atoms with E-state index in [-0.39, 0.29) is 0 Å². The summed E-state index contributed by atoms with van der Waals surface area (Å²) >= 11 is 0. The van der Waals surface area contributed by atoms with Crippen molar-refractivity contribution in [2.24, 2.45) is 0 Å². The third kappa shape index (κ3) is 3.35. The van der Waals surface area contributed by atoms with Crippen molar-refractivity contribution in [3.63, 3.8) is 0 Å². The van der Waals surface area contributed by atoms with E-state index in [0.717, 1.165) is 5.92 Å². The molecule has 34 valence electrons. The Bertz CT molecular complexity index is 75.8. The van der Waals surface area contributed by atoms with Gasteiger partial charge in [0.1, 0.15) is 6.17 Å². The van der Waals surface area contributed by atoms with Crippen LogP contribution in [0.25, 0.3) is 0 Å². The molecule has 3 heteroatoms. The topological polar surface area (TPSA) is 0 Å². The monoisotopic (exact) mass is 94.0 g/mol. The van der Waals surface area contributed by atoms with Crippen molar-refractivity contribution in [1.82, 2.24) is 0 Å². The van der Waals surface area contributed by atoms with Crippen LogP contribution >= 0.6 is 0 Å². The van der Waals surface area contributed by atoms with Crippen LogP contribution in [0.2, 0.25) is 0 Å². The molecule has 0 aliphatic heterocycles. The minimum absolute atomic E-state index is 0.567. The first-order valence-corrected chi connectivity index (χ1v) is 1.16. The molecule has 0 unspecified atom stereocenters. The van der Waals surface area contributed by atoms with E-state index in [1.54, 1.807) is 0 Å². The van der Waals surface area contributed by atoms with Gasteiger partial charge in [-0.3, -0.25) is 0 Å². The highest BCUT2D eigenvalue weighted by atomic mass is 19.3. The zero-order valence-corrected chi connectivity index (χ0v) is 2.71. The van der Waals surface area contributed by atoms with Gasteiger partial charge in [0, 0.05) is 5.92 Å². The first-order valence-electron chi connectivity index (χ1n) is 1.16. The molecule has 0 fully saturated rings. The molecule has 0 saturated carbocycles. The fraction of sp³-hybridized carbons (Fsp3) is 0.333. The number of hydrogen-bond donors (Lipinski definition) is 0. The number of hydrogen-bond acceptors (Lipinski definition) is 0. The first kappa shape index (κ1) is 5.35. The Balaban J connectivity index is 3.20. The summed E-state index contributed by atoms with van der Waals surface area (Å²) in [7, 11) is 0. The Labute approximate surface area is 33.0 Å². The maximum atomic E-state index is 10.6. The van der Waals surface area contributed by atoms with E-state index in [1.807, 2.05) is 0 Å². The number of rotatable bonds is 0. The highest BCUT2D eigenvalue weighted by Crippen LogP contribution is 1.85. The Hall–Kier alpha value is -0.650. The van der Waals surface area contributed by atoms with Crippen LogP contribution in [-0.2, 0) is 0 Å². The summed E-state index contributed by atoms with van der Waals surface area (Å²) in [6.07, 6.45) is -2.27.